The third-order valence-corrected chi connectivity index (χ3v) is 9.56. The quantitative estimate of drug-likeness (QED) is 0.497. The zero-order valence-corrected chi connectivity index (χ0v) is 23.5. The number of aryl methyl sites for hydroxylation is 1. The number of piperazine rings is 1. The van der Waals surface area contributed by atoms with E-state index < -0.39 is 18.0 Å². The molecular weight excluding hydrogens is 512 g/mol. The first kappa shape index (κ1) is 25.7. The van der Waals surface area contributed by atoms with Crippen molar-refractivity contribution in [2.45, 2.75) is 52.5 Å². The molecule has 3 aliphatic rings. The third-order valence-electron chi connectivity index (χ3n) is 8.39. The molecule has 0 radical (unpaired) electrons. The van der Waals surface area contributed by atoms with Crippen molar-refractivity contribution < 1.29 is 14.4 Å². The van der Waals surface area contributed by atoms with E-state index in [9.17, 15) is 14.4 Å². The van der Waals surface area contributed by atoms with E-state index in [1.807, 2.05) is 17.4 Å². The zero-order valence-electron chi connectivity index (χ0n) is 22.6. The fourth-order valence-electron chi connectivity index (χ4n) is 6.04. The van der Waals surface area contributed by atoms with Gasteiger partial charge in [-0.1, -0.05) is 39.0 Å². The number of benzene rings is 1. The molecule has 39 heavy (non-hydrogen) atoms. The van der Waals surface area contributed by atoms with Gasteiger partial charge in [-0.25, -0.2) is 19.7 Å². The van der Waals surface area contributed by atoms with Crippen LogP contribution in [0.2, 0.25) is 0 Å². The maximum atomic E-state index is 13.1. The lowest BCUT2D eigenvalue weighted by Crippen LogP contribution is -2.50. The van der Waals surface area contributed by atoms with Gasteiger partial charge in [0.25, 0.3) is 5.91 Å². The first-order valence-corrected chi connectivity index (χ1v) is 14.5. The van der Waals surface area contributed by atoms with Gasteiger partial charge in [0.1, 0.15) is 23.0 Å². The van der Waals surface area contributed by atoms with Crippen LogP contribution in [0.4, 0.5) is 16.3 Å². The van der Waals surface area contributed by atoms with Crippen LogP contribution < -0.4 is 15.1 Å². The van der Waals surface area contributed by atoms with Crippen LogP contribution in [0.15, 0.2) is 36.7 Å². The fourth-order valence-corrected chi connectivity index (χ4v) is 7.30. The summed E-state index contributed by atoms with van der Waals surface area (Å²) in [4.78, 5) is 55.5. The van der Waals surface area contributed by atoms with E-state index in [4.69, 9.17) is 4.98 Å². The van der Waals surface area contributed by atoms with Gasteiger partial charge in [-0.05, 0) is 48.3 Å². The van der Waals surface area contributed by atoms with Gasteiger partial charge in [0, 0.05) is 31.1 Å². The van der Waals surface area contributed by atoms with E-state index in [1.54, 1.807) is 35.5 Å². The summed E-state index contributed by atoms with van der Waals surface area (Å²) in [5.41, 5.74) is 2.20. The number of hydrogen-bond donors (Lipinski definition) is 1. The highest BCUT2D eigenvalue weighted by atomic mass is 32.1. The number of nitrogens with zero attached hydrogens (tertiary/aromatic N) is 5. The van der Waals surface area contributed by atoms with E-state index in [0.29, 0.717) is 37.8 Å². The second-order valence-corrected chi connectivity index (χ2v) is 12.9. The summed E-state index contributed by atoms with van der Waals surface area (Å²) < 4.78 is 0. The molecule has 1 aliphatic carbocycles. The summed E-state index contributed by atoms with van der Waals surface area (Å²) >= 11 is 1.81. The second kappa shape index (κ2) is 9.89. The molecule has 6 rings (SSSR count). The van der Waals surface area contributed by atoms with Gasteiger partial charge in [0.05, 0.1) is 17.5 Å². The van der Waals surface area contributed by atoms with Crippen LogP contribution in [-0.2, 0) is 22.4 Å². The number of urea groups is 1. The highest BCUT2D eigenvalue weighted by Crippen LogP contribution is 2.44. The van der Waals surface area contributed by atoms with Crippen LogP contribution in [-0.4, -0.2) is 64.9 Å². The molecule has 10 heteroatoms. The van der Waals surface area contributed by atoms with Crippen LogP contribution in [0, 0.1) is 11.3 Å². The van der Waals surface area contributed by atoms with Crippen molar-refractivity contribution in [1.82, 2.24) is 20.2 Å². The van der Waals surface area contributed by atoms with Gasteiger partial charge >= 0.3 is 6.03 Å². The number of carbonyl (C=O) groups excluding carboxylic acids is 3. The Morgan fingerprint density at radius 3 is 2.54 bits per heavy atom. The van der Waals surface area contributed by atoms with Crippen molar-refractivity contribution in [2.24, 2.45) is 11.3 Å². The molecule has 2 fully saturated rings. The normalized spacial score (nSPS) is 21.9. The Morgan fingerprint density at radius 2 is 1.82 bits per heavy atom. The van der Waals surface area contributed by atoms with Crippen LogP contribution >= 0.6 is 11.3 Å². The molecule has 2 unspecified atom stereocenters. The number of hydrogen-bond acceptors (Lipinski definition) is 7. The van der Waals surface area contributed by atoms with E-state index in [-0.39, 0.29) is 17.7 Å². The Kier molecular flexibility index (Phi) is 6.53. The van der Waals surface area contributed by atoms with Crippen molar-refractivity contribution in [2.75, 3.05) is 36.0 Å². The number of aromatic nitrogens is 2. The molecule has 4 amide bonds. The molecule has 0 saturated carbocycles. The predicted molar refractivity (Wildman–Crippen MR) is 152 cm³/mol. The lowest BCUT2D eigenvalue weighted by atomic mass is 9.72. The topological polar surface area (TPSA) is 98.7 Å². The maximum Gasteiger partial charge on any atom is 0.329 e. The average molecular weight is 547 g/mol. The monoisotopic (exact) mass is 546 g/mol. The van der Waals surface area contributed by atoms with E-state index in [0.717, 1.165) is 28.4 Å². The maximum absolute atomic E-state index is 13.1. The summed E-state index contributed by atoms with van der Waals surface area (Å²) in [5.74, 6) is 1.12. The molecule has 0 spiro atoms. The highest BCUT2D eigenvalue weighted by Gasteiger charge is 2.41. The number of amides is 4. The molecular formula is C29H34N6O3S. The summed E-state index contributed by atoms with van der Waals surface area (Å²) in [6, 6.07) is 7.44. The average Bonchev–Trinajstić information content (AvgIpc) is 3.44. The van der Waals surface area contributed by atoms with Gasteiger partial charge in [-0.2, -0.15) is 0 Å². The molecule has 2 aliphatic heterocycles. The van der Waals surface area contributed by atoms with Gasteiger partial charge in [-0.3, -0.25) is 9.59 Å². The zero-order chi connectivity index (χ0) is 27.3. The Bertz CT molecular complexity index is 1420. The molecule has 4 heterocycles. The fraction of sp³-hybridized carbons (Fsp3) is 0.483. The third kappa shape index (κ3) is 4.75. The molecule has 2 atom stereocenters. The van der Waals surface area contributed by atoms with Crippen LogP contribution in [0.1, 0.15) is 44.1 Å². The van der Waals surface area contributed by atoms with Gasteiger partial charge in [-0.15, -0.1) is 11.3 Å². The van der Waals surface area contributed by atoms with Crippen molar-refractivity contribution in [3.8, 4) is 0 Å². The molecule has 1 N–H and O–H groups in total. The Hall–Kier alpha value is -3.53. The van der Waals surface area contributed by atoms with Crippen LogP contribution in [0.5, 0.6) is 0 Å². The van der Waals surface area contributed by atoms with E-state index in [1.165, 1.54) is 22.2 Å². The van der Waals surface area contributed by atoms with Crippen molar-refractivity contribution >= 4 is 50.9 Å². The summed E-state index contributed by atoms with van der Waals surface area (Å²) in [6.07, 6.45) is 4.94. The van der Waals surface area contributed by atoms with Crippen molar-refractivity contribution in [3.05, 3.63) is 47.1 Å². The predicted octanol–water partition coefficient (Wildman–Crippen LogP) is 4.01. The number of carbonyl (C=O) groups is 3. The largest absolute Gasteiger partial charge is 0.352 e. The van der Waals surface area contributed by atoms with E-state index >= 15 is 0 Å². The van der Waals surface area contributed by atoms with E-state index in [2.05, 4.69) is 36.0 Å². The van der Waals surface area contributed by atoms with Crippen LogP contribution in [0.25, 0.3) is 10.2 Å². The first-order valence-electron chi connectivity index (χ1n) is 13.7. The molecule has 2 saturated heterocycles. The SMILES string of the molecule is CC(C)(C)C1CCc2c(sc3ncnc(N4CCN(C(=O)CC5NC(=O)N(c6ccccc6)C5=O)CC4)c23)C1. The molecule has 2 aromatic heterocycles. The molecule has 204 valence electrons. The first-order chi connectivity index (χ1) is 18.7. The number of para-hydroxylation sites is 1. The standard InChI is InChI=1S/C29H34N6O3S/c1-29(2,3)18-9-10-20-22(15-18)39-26-24(20)25(30-17-31-26)34-13-11-33(12-14-34)23(36)16-21-27(37)35(28(38)32-21)19-7-5-4-6-8-19/h4-8,17-18,21H,9-16H2,1-3H3,(H,32,38). The Morgan fingerprint density at radius 1 is 1.08 bits per heavy atom. The highest BCUT2D eigenvalue weighted by molar-refractivity contribution is 7.19. The van der Waals surface area contributed by atoms with Crippen molar-refractivity contribution in [3.63, 3.8) is 0 Å². The summed E-state index contributed by atoms with van der Waals surface area (Å²) in [7, 11) is 0. The minimum absolute atomic E-state index is 0.0430. The van der Waals surface area contributed by atoms with Gasteiger partial charge in [0.15, 0.2) is 0 Å². The van der Waals surface area contributed by atoms with Crippen molar-refractivity contribution in [1.29, 1.82) is 0 Å². The minimum atomic E-state index is -0.848. The lowest BCUT2D eigenvalue weighted by Gasteiger charge is -2.36. The lowest BCUT2D eigenvalue weighted by molar-refractivity contribution is -0.133. The number of fused-ring (bicyclic) bond motifs is 3. The van der Waals surface area contributed by atoms with Crippen LogP contribution in [0.3, 0.4) is 0 Å². The summed E-state index contributed by atoms with van der Waals surface area (Å²) in [5, 5.41) is 3.86. The number of thiophene rings is 1. The Balaban J connectivity index is 1.12. The van der Waals surface area contributed by atoms with Gasteiger partial charge < -0.3 is 15.1 Å². The smallest absolute Gasteiger partial charge is 0.329 e. The number of rotatable bonds is 4. The Labute approximate surface area is 232 Å². The number of nitrogens with one attached hydrogen (secondary N) is 1. The molecule has 3 aromatic rings. The van der Waals surface area contributed by atoms with Gasteiger partial charge in [0.2, 0.25) is 5.91 Å². The molecule has 0 bridgehead atoms. The summed E-state index contributed by atoms with van der Waals surface area (Å²) in [6.45, 7) is 9.40. The number of anilines is 2. The molecule has 1 aromatic carbocycles. The second-order valence-electron chi connectivity index (χ2n) is 11.8. The molecule has 9 nitrogen and oxygen atoms in total. The number of imide groups is 1. The minimum Gasteiger partial charge on any atom is -0.352 e.